The van der Waals surface area contributed by atoms with Gasteiger partial charge in [0.1, 0.15) is 0 Å². The molecule has 0 heterocycles. The van der Waals surface area contributed by atoms with Gasteiger partial charge in [0.05, 0.1) is 13.7 Å². The molecule has 2 nitrogen and oxygen atoms in total. The number of rotatable bonds is 1. The minimum absolute atomic E-state index is 0.0311. The van der Waals surface area contributed by atoms with E-state index >= 15 is 0 Å². The monoisotopic (exact) mass is 169 g/mol. The van der Waals surface area contributed by atoms with Crippen molar-refractivity contribution >= 4 is 5.69 Å². The standard InChI is InChI=1S/C8H5F2NO/c1-11-6-4-3-5(9)7(10)8(6)12-2/h3-4H,2H3. The molecule has 4 heteroatoms. The van der Waals surface area contributed by atoms with Crippen LogP contribution in [0.25, 0.3) is 4.85 Å². The number of methoxy groups -OCH3 is 1. The highest BCUT2D eigenvalue weighted by atomic mass is 19.2. The molecule has 0 aliphatic heterocycles. The Labute approximate surface area is 68.2 Å². The lowest BCUT2D eigenvalue weighted by Crippen LogP contribution is -1.91. The molecule has 0 bridgehead atoms. The lowest BCUT2D eigenvalue weighted by atomic mass is 10.3. The molecule has 0 unspecified atom stereocenters. The lowest BCUT2D eigenvalue weighted by Gasteiger charge is -2.03. The van der Waals surface area contributed by atoms with Crippen molar-refractivity contribution in [3.8, 4) is 5.75 Å². The molecule has 0 N–H and O–H groups in total. The molecule has 0 aromatic heterocycles. The smallest absolute Gasteiger partial charge is 0.231 e. The molecule has 62 valence electrons. The molecule has 0 radical (unpaired) electrons. The van der Waals surface area contributed by atoms with Gasteiger partial charge in [0.15, 0.2) is 17.4 Å². The quantitative estimate of drug-likeness (QED) is 0.589. The molecule has 0 saturated heterocycles. The number of hydrogen-bond acceptors (Lipinski definition) is 1. The van der Waals surface area contributed by atoms with E-state index in [4.69, 9.17) is 6.57 Å². The predicted molar refractivity (Wildman–Crippen MR) is 39.2 cm³/mol. The molecule has 0 saturated carbocycles. The van der Waals surface area contributed by atoms with Crippen LogP contribution in [-0.2, 0) is 0 Å². The molecule has 0 amide bonds. The van der Waals surface area contributed by atoms with Gasteiger partial charge in [-0.15, -0.1) is 0 Å². The third-order valence-electron chi connectivity index (χ3n) is 1.35. The van der Waals surface area contributed by atoms with Crippen molar-refractivity contribution in [3.05, 3.63) is 35.2 Å². The van der Waals surface area contributed by atoms with Gasteiger partial charge in [-0.05, 0) is 12.1 Å². The zero-order valence-electron chi connectivity index (χ0n) is 6.27. The van der Waals surface area contributed by atoms with Crippen LogP contribution in [0, 0.1) is 18.2 Å². The molecule has 1 rings (SSSR count). The SMILES string of the molecule is [C-]#[N+]c1ccc(F)c(F)c1OC. The van der Waals surface area contributed by atoms with Crippen molar-refractivity contribution in [2.45, 2.75) is 0 Å². The number of hydrogen-bond donors (Lipinski definition) is 0. The van der Waals surface area contributed by atoms with Gasteiger partial charge in [0.2, 0.25) is 5.69 Å². The van der Waals surface area contributed by atoms with Crippen molar-refractivity contribution in [1.29, 1.82) is 0 Å². The summed E-state index contributed by atoms with van der Waals surface area (Å²) in [7, 11) is 1.19. The Bertz CT molecular complexity index is 344. The van der Waals surface area contributed by atoms with E-state index in [1.807, 2.05) is 0 Å². The van der Waals surface area contributed by atoms with Crippen LogP contribution in [0.4, 0.5) is 14.5 Å². The summed E-state index contributed by atoms with van der Waals surface area (Å²) in [6.07, 6.45) is 0. The summed E-state index contributed by atoms with van der Waals surface area (Å²) in [5.74, 6) is -2.48. The fraction of sp³-hybridized carbons (Fsp3) is 0.125. The van der Waals surface area contributed by atoms with Gasteiger partial charge >= 0.3 is 0 Å². The van der Waals surface area contributed by atoms with Gasteiger partial charge in [-0.1, -0.05) is 0 Å². The van der Waals surface area contributed by atoms with Crippen molar-refractivity contribution in [2.24, 2.45) is 0 Å². The summed E-state index contributed by atoms with van der Waals surface area (Å²) in [5, 5.41) is 0. The van der Waals surface area contributed by atoms with E-state index in [-0.39, 0.29) is 11.4 Å². The molecule has 0 aliphatic rings. The maximum atomic E-state index is 12.8. The number of ether oxygens (including phenoxy) is 1. The molecule has 0 spiro atoms. The normalized spacial score (nSPS) is 9.17. The molecular formula is C8H5F2NO. The molecule has 1 aromatic rings. The zero-order valence-corrected chi connectivity index (χ0v) is 6.27. The van der Waals surface area contributed by atoms with Crippen LogP contribution in [0.1, 0.15) is 0 Å². The summed E-state index contributed by atoms with van der Waals surface area (Å²) in [5.41, 5.74) is -0.0311. The van der Waals surface area contributed by atoms with Gasteiger partial charge in [0, 0.05) is 0 Å². The molecule has 12 heavy (non-hydrogen) atoms. The first-order valence-electron chi connectivity index (χ1n) is 3.10. The Kier molecular flexibility index (Phi) is 2.24. The fourth-order valence-corrected chi connectivity index (χ4v) is 0.804. The molecule has 0 atom stereocenters. The van der Waals surface area contributed by atoms with E-state index in [2.05, 4.69) is 9.58 Å². The highest BCUT2D eigenvalue weighted by molar-refractivity contribution is 5.57. The second kappa shape index (κ2) is 3.18. The van der Waals surface area contributed by atoms with E-state index in [9.17, 15) is 8.78 Å². The van der Waals surface area contributed by atoms with Crippen LogP contribution in [0.15, 0.2) is 12.1 Å². The first-order valence-corrected chi connectivity index (χ1v) is 3.10. The number of halogens is 2. The van der Waals surface area contributed by atoms with Gasteiger partial charge in [-0.3, -0.25) is 0 Å². The van der Waals surface area contributed by atoms with E-state index in [1.165, 1.54) is 13.2 Å². The zero-order chi connectivity index (χ0) is 9.14. The van der Waals surface area contributed by atoms with Gasteiger partial charge in [0.25, 0.3) is 0 Å². The third-order valence-corrected chi connectivity index (χ3v) is 1.35. The summed E-state index contributed by atoms with van der Waals surface area (Å²) in [4.78, 5) is 2.96. The van der Waals surface area contributed by atoms with E-state index < -0.39 is 11.6 Å². The summed E-state index contributed by atoms with van der Waals surface area (Å²) in [6, 6.07) is 2.06. The minimum Gasteiger partial charge on any atom is -0.505 e. The molecule has 0 fully saturated rings. The van der Waals surface area contributed by atoms with Crippen LogP contribution in [-0.4, -0.2) is 7.11 Å². The number of nitrogens with zero attached hydrogens (tertiary/aromatic N) is 1. The second-order valence-corrected chi connectivity index (χ2v) is 2.03. The van der Waals surface area contributed by atoms with E-state index in [0.717, 1.165) is 6.07 Å². The van der Waals surface area contributed by atoms with Gasteiger partial charge in [-0.25, -0.2) is 13.6 Å². The Morgan fingerprint density at radius 1 is 1.42 bits per heavy atom. The fourth-order valence-electron chi connectivity index (χ4n) is 0.804. The highest BCUT2D eigenvalue weighted by Crippen LogP contribution is 2.31. The topological polar surface area (TPSA) is 13.6 Å². The number of benzene rings is 1. The molecule has 1 aromatic carbocycles. The first kappa shape index (κ1) is 8.47. The van der Waals surface area contributed by atoms with Crippen LogP contribution in [0.5, 0.6) is 5.75 Å². The van der Waals surface area contributed by atoms with Crippen LogP contribution in [0.3, 0.4) is 0 Å². The van der Waals surface area contributed by atoms with E-state index in [1.54, 1.807) is 0 Å². The third kappa shape index (κ3) is 1.21. The van der Waals surface area contributed by atoms with Gasteiger partial charge in [-0.2, -0.15) is 0 Å². The largest absolute Gasteiger partial charge is 0.505 e. The lowest BCUT2D eigenvalue weighted by molar-refractivity contribution is 0.374. The van der Waals surface area contributed by atoms with Crippen molar-refractivity contribution in [2.75, 3.05) is 7.11 Å². The van der Waals surface area contributed by atoms with Crippen molar-refractivity contribution in [1.82, 2.24) is 0 Å². The van der Waals surface area contributed by atoms with Crippen LogP contribution < -0.4 is 4.74 Å². The highest BCUT2D eigenvalue weighted by Gasteiger charge is 2.13. The summed E-state index contributed by atoms with van der Waals surface area (Å²) < 4.78 is 29.8. The van der Waals surface area contributed by atoms with E-state index in [0.29, 0.717) is 0 Å². The second-order valence-electron chi connectivity index (χ2n) is 2.03. The molecule has 0 aliphatic carbocycles. The average molecular weight is 169 g/mol. The molecular weight excluding hydrogens is 164 g/mol. The maximum Gasteiger partial charge on any atom is 0.231 e. The van der Waals surface area contributed by atoms with Gasteiger partial charge < -0.3 is 4.74 Å². The Balaban J connectivity index is 3.38. The Morgan fingerprint density at radius 3 is 2.58 bits per heavy atom. The predicted octanol–water partition coefficient (Wildman–Crippen LogP) is 2.52. The Hall–Kier alpha value is -1.63. The Morgan fingerprint density at radius 2 is 2.08 bits per heavy atom. The maximum absolute atomic E-state index is 12.8. The van der Waals surface area contributed by atoms with Crippen molar-refractivity contribution in [3.63, 3.8) is 0 Å². The summed E-state index contributed by atoms with van der Waals surface area (Å²) >= 11 is 0. The minimum atomic E-state index is -1.12. The summed E-state index contributed by atoms with van der Waals surface area (Å²) in [6.45, 7) is 6.61. The first-order chi connectivity index (χ1) is 5.70. The van der Waals surface area contributed by atoms with Crippen molar-refractivity contribution < 1.29 is 13.5 Å². The average Bonchev–Trinajstić information content (AvgIpc) is 2.09. The van der Waals surface area contributed by atoms with Crippen LogP contribution >= 0.6 is 0 Å². The van der Waals surface area contributed by atoms with Crippen LogP contribution in [0.2, 0.25) is 0 Å².